The number of nitrogens with two attached hydrogens (primary N) is 1. The predicted octanol–water partition coefficient (Wildman–Crippen LogP) is 1.46. The van der Waals surface area contributed by atoms with Gasteiger partial charge < -0.3 is 5.73 Å². The fourth-order valence-corrected chi connectivity index (χ4v) is 3.32. The number of rotatable bonds is 2. The van der Waals surface area contributed by atoms with Gasteiger partial charge in [-0.05, 0) is 37.3 Å². The van der Waals surface area contributed by atoms with Crippen molar-refractivity contribution < 1.29 is 8.42 Å². The van der Waals surface area contributed by atoms with E-state index < -0.39 is 15.6 Å². The van der Waals surface area contributed by atoms with Gasteiger partial charge in [-0.2, -0.15) is 8.42 Å². The number of anilines is 1. The van der Waals surface area contributed by atoms with E-state index in [4.69, 9.17) is 5.73 Å². The maximum atomic E-state index is 12.5. The van der Waals surface area contributed by atoms with E-state index in [1.165, 1.54) is 18.2 Å². The third-order valence-corrected chi connectivity index (χ3v) is 4.85. The highest BCUT2D eigenvalue weighted by Gasteiger charge is 2.21. The molecular formula is C14H13N3O3S. The van der Waals surface area contributed by atoms with Crippen LogP contribution in [0.4, 0.5) is 5.69 Å². The summed E-state index contributed by atoms with van der Waals surface area (Å²) < 4.78 is 25.7. The van der Waals surface area contributed by atoms with Crippen LogP contribution in [0.25, 0.3) is 10.9 Å². The molecule has 7 heteroatoms. The standard InChI is InChI=1S/C14H13N3O3S/c1-9-2-5-11(6-3-9)21(19,20)17-14(18)12-8-10(15)4-7-13(12)16-17/h2-8,16H,15H2,1H3. The van der Waals surface area contributed by atoms with Crippen molar-refractivity contribution in [3.05, 3.63) is 58.4 Å². The molecule has 0 atom stereocenters. The first-order valence-electron chi connectivity index (χ1n) is 6.22. The van der Waals surface area contributed by atoms with E-state index in [1.54, 1.807) is 24.3 Å². The first-order chi connectivity index (χ1) is 9.89. The third kappa shape index (κ3) is 2.11. The van der Waals surface area contributed by atoms with Crippen LogP contribution in [0.15, 0.2) is 52.2 Å². The molecule has 108 valence electrons. The topological polar surface area (TPSA) is 97.9 Å². The molecule has 0 amide bonds. The van der Waals surface area contributed by atoms with Crippen LogP contribution >= 0.6 is 0 Å². The zero-order valence-electron chi connectivity index (χ0n) is 11.2. The normalized spacial score (nSPS) is 11.9. The number of fused-ring (bicyclic) bond motifs is 1. The molecule has 3 aromatic rings. The van der Waals surface area contributed by atoms with Crippen molar-refractivity contribution in [3.8, 4) is 0 Å². The Morgan fingerprint density at radius 2 is 1.76 bits per heavy atom. The van der Waals surface area contributed by atoms with E-state index in [1.807, 2.05) is 6.92 Å². The average Bonchev–Trinajstić information content (AvgIpc) is 2.77. The van der Waals surface area contributed by atoms with Gasteiger partial charge in [-0.3, -0.25) is 9.89 Å². The van der Waals surface area contributed by atoms with Crippen molar-refractivity contribution in [1.29, 1.82) is 0 Å². The van der Waals surface area contributed by atoms with Crippen molar-refractivity contribution >= 4 is 26.6 Å². The van der Waals surface area contributed by atoms with Crippen molar-refractivity contribution in [2.75, 3.05) is 5.73 Å². The Bertz CT molecular complexity index is 982. The highest BCUT2D eigenvalue weighted by molar-refractivity contribution is 7.89. The molecule has 0 bridgehead atoms. The molecule has 0 unspecified atom stereocenters. The summed E-state index contributed by atoms with van der Waals surface area (Å²) in [4.78, 5) is 12.3. The van der Waals surface area contributed by atoms with Crippen LogP contribution in [-0.4, -0.2) is 17.6 Å². The summed E-state index contributed by atoms with van der Waals surface area (Å²) in [5, 5.41) is 2.85. The van der Waals surface area contributed by atoms with Crippen LogP contribution in [0.5, 0.6) is 0 Å². The molecule has 0 aliphatic rings. The van der Waals surface area contributed by atoms with Crippen molar-refractivity contribution in [2.24, 2.45) is 0 Å². The summed E-state index contributed by atoms with van der Waals surface area (Å²) in [5.74, 6) is 0. The Kier molecular flexibility index (Phi) is 2.87. The molecule has 0 saturated carbocycles. The quantitative estimate of drug-likeness (QED) is 0.700. The number of nitrogens with zero attached hydrogens (tertiary/aromatic N) is 1. The molecule has 0 saturated heterocycles. The minimum Gasteiger partial charge on any atom is -0.399 e. The fraction of sp³-hybridized carbons (Fsp3) is 0.0714. The molecular weight excluding hydrogens is 290 g/mol. The van der Waals surface area contributed by atoms with Crippen LogP contribution in [0.1, 0.15) is 5.56 Å². The lowest BCUT2D eigenvalue weighted by Crippen LogP contribution is -2.25. The Morgan fingerprint density at radius 3 is 2.43 bits per heavy atom. The summed E-state index contributed by atoms with van der Waals surface area (Å²) in [5.41, 5.74) is 6.74. The lowest BCUT2D eigenvalue weighted by molar-refractivity contribution is 0.578. The molecule has 1 heterocycles. The van der Waals surface area contributed by atoms with Gasteiger partial charge in [-0.25, -0.2) is 0 Å². The van der Waals surface area contributed by atoms with Gasteiger partial charge in [0, 0.05) is 5.69 Å². The van der Waals surface area contributed by atoms with Gasteiger partial charge in [0.2, 0.25) is 0 Å². The highest BCUT2D eigenvalue weighted by Crippen LogP contribution is 2.16. The number of nitrogen functional groups attached to an aromatic ring is 1. The van der Waals surface area contributed by atoms with Crippen molar-refractivity contribution in [3.63, 3.8) is 0 Å². The first kappa shape index (κ1) is 13.4. The largest absolute Gasteiger partial charge is 0.399 e. The molecule has 0 aliphatic carbocycles. The molecule has 2 aromatic carbocycles. The molecule has 0 fully saturated rings. The van der Waals surface area contributed by atoms with E-state index in [9.17, 15) is 13.2 Å². The second-order valence-corrected chi connectivity index (χ2v) is 6.59. The summed E-state index contributed by atoms with van der Waals surface area (Å²) >= 11 is 0. The van der Waals surface area contributed by atoms with Crippen molar-refractivity contribution in [1.82, 2.24) is 9.19 Å². The molecule has 1 aromatic heterocycles. The number of H-pyrrole nitrogens is 1. The van der Waals surface area contributed by atoms with E-state index >= 15 is 0 Å². The zero-order chi connectivity index (χ0) is 15.2. The first-order valence-corrected chi connectivity index (χ1v) is 7.66. The second kappa shape index (κ2) is 4.49. The molecule has 0 spiro atoms. The van der Waals surface area contributed by atoms with Crippen LogP contribution in [0.3, 0.4) is 0 Å². The summed E-state index contributed by atoms with van der Waals surface area (Å²) in [6.07, 6.45) is 0. The van der Waals surface area contributed by atoms with Crippen LogP contribution in [-0.2, 0) is 10.0 Å². The number of nitrogens with one attached hydrogen (secondary N) is 1. The van der Waals surface area contributed by atoms with Crippen LogP contribution < -0.4 is 11.3 Å². The third-order valence-electron chi connectivity index (χ3n) is 3.24. The summed E-state index contributed by atoms with van der Waals surface area (Å²) in [6.45, 7) is 1.86. The van der Waals surface area contributed by atoms with Gasteiger partial charge in [-0.1, -0.05) is 17.7 Å². The minimum atomic E-state index is -3.95. The Balaban J connectivity index is 2.26. The van der Waals surface area contributed by atoms with E-state index in [0.717, 1.165) is 5.56 Å². The van der Waals surface area contributed by atoms with Gasteiger partial charge in [0.05, 0.1) is 15.8 Å². The average molecular weight is 303 g/mol. The minimum absolute atomic E-state index is 0.0507. The van der Waals surface area contributed by atoms with Gasteiger partial charge >= 0.3 is 0 Å². The molecule has 3 N–H and O–H groups in total. The second-order valence-electron chi connectivity index (χ2n) is 4.80. The number of hydrogen-bond acceptors (Lipinski definition) is 4. The highest BCUT2D eigenvalue weighted by atomic mass is 32.2. The van der Waals surface area contributed by atoms with Crippen LogP contribution in [0.2, 0.25) is 0 Å². The number of benzene rings is 2. The van der Waals surface area contributed by atoms with Gasteiger partial charge in [0.25, 0.3) is 15.6 Å². The number of aromatic nitrogens is 2. The molecule has 3 rings (SSSR count). The summed E-state index contributed by atoms with van der Waals surface area (Å²) in [7, 11) is -3.95. The van der Waals surface area contributed by atoms with Crippen LogP contribution in [0, 0.1) is 6.92 Å². The maximum Gasteiger partial charge on any atom is 0.289 e. The Labute approximate surface area is 120 Å². The molecule has 0 aliphatic heterocycles. The fourth-order valence-electron chi connectivity index (χ4n) is 2.09. The lowest BCUT2D eigenvalue weighted by Gasteiger charge is -2.04. The van der Waals surface area contributed by atoms with Crippen molar-refractivity contribution in [2.45, 2.75) is 11.8 Å². The number of aromatic amines is 1. The smallest absolute Gasteiger partial charge is 0.289 e. The Morgan fingerprint density at radius 1 is 1.10 bits per heavy atom. The monoisotopic (exact) mass is 303 g/mol. The van der Waals surface area contributed by atoms with Gasteiger partial charge in [-0.15, -0.1) is 4.09 Å². The lowest BCUT2D eigenvalue weighted by atomic mass is 10.2. The maximum absolute atomic E-state index is 12.5. The summed E-state index contributed by atoms with van der Waals surface area (Å²) in [6, 6.07) is 10.9. The number of aryl methyl sites for hydroxylation is 1. The Hall–Kier alpha value is -2.54. The van der Waals surface area contributed by atoms with E-state index in [2.05, 4.69) is 5.10 Å². The number of hydrogen-bond donors (Lipinski definition) is 2. The zero-order valence-corrected chi connectivity index (χ0v) is 12.0. The molecule has 21 heavy (non-hydrogen) atoms. The predicted molar refractivity (Wildman–Crippen MR) is 80.7 cm³/mol. The molecule has 6 nitrogen and oxygen atoms in total. The molecule has 0 radical (unpaired) electrons. The van der Waals surface area contributed by atoms with Gasteiger partial charge in [0.15, 0.2) is 0 Å². The SMILES string of the molecule is Cc1ccc(S(=O)(=O)n2[nH]c3ccc(N)cc3c2=O)cc1. The van der Waals surface area contributed by atoms with Gasteiger partial charge in [0.1, 0.15) is 0 Å². The van der Waals surface area contributed by atoms with E-state index in [0.29, 0.717) is 15.3 Å². The van der Waals surface area contributed by atoms with E-state index in [-0.39, 0.29) is 10.3 Å².